The summed E-state index contributed by atoms with van der Waals surface area (Å²) in [5, 5.41) is 6.61. The van der Waals surface area contributed by atoms with Crippen LogP contribution in [0.3, 0.4) is 0 Å². The molecule has 0 rings (SSSR count). The molecule has 0 bridgehead atoms. The summed E-state index contributed by atoms with van der Waals surface area (Å²) in [7, 11) is 1.69. The van der Waals surface area contributed by atoms with Gasteiger partial charge in [0.25, 0.3) is 0 Å². The molecule has 0 spiro atoms. The van der Waals surface area contributed by atoms with Crippen molar-refractivity contribution in [3.63, 3.8) is 0 Å². The predicted octanol–water partition coefficient (Wildman–Crippen LogP) is 2.05. The highest BCUT2D eigenvalue weighted by molar-refractivity contribution is 5.79. The largest absolute Gasteiger partial charge is 0.382 e. The molecule has 0 atom stereocenters. The molecule has 0 aromatic heterocycles. The lowest BCUT2D eigenvalue weighted by atomic mass is 10.2. The average Bonchev–Trinajstić information content (AvgIpc) is 2.52. The number of unbranched alkanes of at least 4 members (excludes halogenated alkanes) is 1. The van der Waals surface area contributed by atoms with Gasteiger partial charge in [-0.05, 0) is 32.1 Å². The third-order valence-corrected chi connectivity index (χ3v) is 2.95. The number of aliphatic imine (C=N–C) groups is 1. The van der Waals surface area contributed by atoms with Crippen LogP contribution >= 0.6 is 0 Å². The summed E-state index contributed by atoms with van der Waals surface area (Å²) >= 11 is 0. The smallest absolute Gasteiger partial charge is 0.191 e. The zero-order valence-electron chi connectivity index (χ0n) is 15.5. The molecule has 23 heavy (non-hydrogen) atoms. The van der Waals surface area contributed by atoms with Gasteiger partial charge in [0, 0.05) is 46.6 Å². The van der Waals surface area contributed by atoms with Crippen molar-refractivity contribution < 1.29 is 14.2 Å². The average molecular weight is 332 g/mol. The van der Waals surface area contributed by atoms with Crippen LogP contribution in [0, 0.1) is 5.92 Å². The molecule has 0 saturated heterocycles. The second-order valence-corrected chi connectivity index (χ2v) is 5.82. The Morgan fingerprint density at radius 1 is 0.957 bits per heavy atom. The minimum Gasteiger partial charge on any atom is -0.382 e. The summed E-state index contributed by atoms with van der Waals surface area (Å²) in [4.78, 5) is 4.56. The van der Waals surface area contributed by atoms with E-state index in [-0.39, 0.29) is 0 Å². The van der Waals surface area contributed by atoms with Crippen molar-refractivity contribution >= 4 is 5.96 Å². The predicted molar refractivity (Wildman–Crippen MR) is 96.2 cm³/mol. The minimum atomic E-state index is 0.593. The van der Waals surface area contributed by atoms with E-state index >= 15 is 0 Å². The monoisotopic (exact) mass is 331 g/mol. The van der Waals surface area contributed by atoms with Gasteiger partial charge in [0.2, 0.25) is 0 Å². The number of hydrogen-bond donors (Lipinski definition) is 2. The minimum absolute atomic E-state index is 0.593. The van der Waals surface area contributed by atoms with E-state index in [0.29, 0.717) is 19.1 Å². The molecule has 138 valence electrons. The van der Waals surface area contributed by atoms with E-state index in [1.807, 2.05) is 0 Å². The van der Waals surface area contributed by atoms with Crippen molar-refractivity contribution in [2.45, 2.75) is 40.0 Å². The first-order valence-corrected chi connectivity index (χ1v) is 8.87. The number of methoxy groups -OCH3 is 1. The molecule has 0 radical (unpaired) electrons. The standard InChI is InChI=1S/C17H37N3O3/c1-5-18-17(20-10-8-12-23-15-16(2)3)19-9-6-7-11-22-14-13-21-4/h16H,5-15H2,1-4H3,(H2,18,19,20). The van der Waals surface area contributed by atoms with Crippen LogP contribution in [0.15, 0.2) is 4.99 Å². The van der Waals surface area contributed by atoms with Crippen LogP contribution in [-0.2, 0) is 14.2 Å². The van der Waals surface area contributed by atoms with Crippen LogP contribution in [0.25, 0.3) is 0 Å². The van der Waals surface area contributed by atoms with Gasteiger partial charge < -0.3 is 24.8 Å². The maximum atomic E-state index is 5.56. The van der Waals surface area contributed by atoms with Crippen molar-refractivity contribution in [2.24, 2.45) is 10.9 Å². The number of nitrogens with one attached hydrogen (secondary N) is 2. The fourth-order valence-electron chi connectivity index (χ4n) is 1.80. The molecule has 6 nitrogen and oxygen atoms in total. The summed E-state index contributed by atoms with van der Waals surface area (Å²) in [6, 6.07) is 0. The van der Waals surface area contributed by atoms with E-state index in [4.69, 9.17) is 14.2 Å². The van der Waals surface area contributed by atoms with Crippen molar-refractivity contribution in [2.75, 3.05) is 59.8 Å². The Balaban J connectivity index is 3.61. The Morgan fingerprint density at radius 3 is 2.43 bits per heavy atom. The summed E-state index contributed by atoms with van der Waals surface area (Å²) in [6.07, 6.45) is 3.06. The fraction of sp³-hybridized carbons (Fsp3) is 0.941. The second kappa shape index (κ2) is 17.5. The van der Waals surface area contributed by atoms with Gasteiger partial charge in [-0.25, -0.2) is 0 Å². The van der Waals surface area contributed by atoms with Gasteiger partial charge in [-0.15, -0.1) is 0 Å². The molecule has 0 fully saturated rings. The van der Waals surface area contributed by atoms with Crippen LogP contribution in [0.1, 0.15) is 40.0 Å². The number of hydrogen-bond acceptors (Lipinski definition) is 4. The maximum Gasteiger partial charge on any atom is 0.191 e. The zero-order valence-corrected chi connectivity index (χ0v) is 15.5. The van der Waals surface area contributed by atoms with Gasteiger partial charge in [-0.1, -0.05) is 13.8 Å². The van der Waals surface area contributed by atoms with E-state index in [1.165, 1.54) is 0 Å². The quantitative estimate of drug-likeness (QED) is 0.273. The molecule has 0 aromatic rings. The topological polar surface area (TPSA) is 64.1 Å². The molecule has 0 aliphatic heterocycles. The van der Waals surface area contributed by atoms with Gasteiger partial charge in [-0.2, -0.15) is 0 Å². The zero-order chi connectivity index (χ0) is 17.2. The van der Waals surface area contributed by atoms with Crippen LogP contribution in [-0.4, -0.2) is 65.7 Å². The van der Waals surface area contributed by atoms with Crippen molar-refractivity contribution in [3.05, 3.63) is 0 Å². The van der Waals surface area contributed by atoms with Crippen LogP contribution in [0.4, 0.5) is 0 Å². The molecule has 0 amide bonds. The highest BCUT2D eigenvalue weighted by atomic mass is 16.5. The second-order valence-electron chi connectivity index (χ2n) is 5.82. The highest BCUT2D eigenvalue weighted by Gasteiger charge is 1.97. The fourth-order valence-corrected chi connectivity index (χ4v) is 1.80. The van der Waals surface area contributed by atoms with Gasteiger partial charge in [0.15, 0.2) is 5.96 Å². The molecule has 0 unspecified atom stereocenters. The highest BCUT2D eigenvalue weighted by Crippen LogP contribution is 1.94. The van der Waals surface area contributed by atoms with E-state index < -0.39 is 0 Å². The molecule has 0 aliphatic rings. The lowest BCUT2D eigenvalue weighted by Crippen LogP contribution is -2.38. The summed E-state index contributed by atoms with van der Waals surface area (Å²) in [5.41, 5.74) is 0. The van der Waals surface area contributed by atoms with Gasteiger partial charge in [-0.3, -0.25) is 4.99 Å². The van der Waals surface area contributed by atoms with E-state index in [1.54, 1.807) is 7.11 Å². The van der Waals surface area contributed by atoms with Crippen LogP contribution in [0.2, 0.25) is 0 Å². The third kappa shape index (κ3) is 17.3. The first-order valence-electron chi connectivity index (χ1n) is 8.87. The summed E-state index contributed by atoms with van der Waals surface area (Å²) in [6.45, 7) is 12.7. The molecule has 2 N–H and O–H groups in total. The first-order chi connectivity index (χ1) is 11.2. The van der Waals surface area contributed by atoms with Crippen LogP contribution in [0.5, 0.6) is 0 Å². The van der Waals surface area contributed by atoms with E-state index in [2.05, 4.69) is 36.4 Å². The molecule has 6 heteroatoms. The van der Waals surface area contributed by atoms with Crippen molar-refractivity contribution in [3.8, 4) is 0 Å². The lowest BCUT2D eigenvalue weighted by Gasteiger charge is -2.11. The molecular formula is C17H37N3O3. The van der Waals surface area contributed by atoms with E-state index in [0.717, 1.165) is 64.7 Å². The number of rotatable bonds is 15. The maximum absolute atomic E-state index is 5.56. The van der Waals surface area contributed by atoms with Crippen molar-refractivity contribution in [1.29, 1.82) is 0 Å². The molecule has 0 heterocycles. The number of nitrogens with zero attached hydrogens (tertiary/aromatic N) is 1. The Kier molecular flexibility index (Phi) is 16.9. The summed E-state index contributed by atoms with van der Waals surface area (Å²) in [5.74, 6) is 1.48. The molecule has 0 saturated carbocycles. The number of guanidine groups is 1. The van der Waals surface area contributed by atoms with Crippen LogP contribution < -0.4 is 10.6 Å². The molecule has 0 aliphatic carbocycles. The van der Waals surface area contributed by atoms with E-state index in [9.17, 15) is 0 Å². The van der Waals surface area contributed by atoms with Gasteiger partial charge in [0.05, 0.1) is 13.2 Å². The Labute approximate surface area is 142 Å². The normalized spacial score (nSPS) is 12.0. The SMILES string of the molecule is CCNC(=NCCCOCC(C)C)NCCCCOCCOC. The third-order valence-electron chi connectivity index (χ3n) is 2.95. The Hall–Kier alpha value is -0.850. The lowest BCUT2D eigenvalue weighted by molar-refractivity contribution is 0.0689. The van der Waals surface area contributed by atoms with Gasteiger partial charge >= 0.3 is 0 Å². The molecule has 0 aromatic carbocycles. The first kappa shape index (κ1) is 22.1. The Bertz CT molecular complexity index is 274. The Morgan fingerprint density at radius 2 is 1.74 bits per heavy atom. The van der Waals surface area contributed by atoms with Crippen molar-refractivity contribution in [1.82, 2.24) is 10.6 Å². The molecular weight excluding hydrogens is 294 g/mol. The number of ether oxygens (including phenoxy) is 3. The summed E-state index contributed by atoms with van der Waals surface area (Å²) < 4.78 is 15.9. The van der Waals surface area contributed by atoms with Gasteiger partial charge in [0.1, 0.15) is 0 Å².